The molecule has 0 spiro atoms. The molecule has 3 heteroatoms. The third-order valence-electron chi connectivity index (χ3n) is 5.86. The van der Waals surface area contributed by atoms with Gasteiger partial charge in [-0.15, -0.1) is 0 Å². The number of fused-ring (bicyclic) bond motifs is 1. The average molecular weight is 266 g/mol. The molecule has 3 rings (SSSR count). The van der Waals surface area contributed by atoms with Gasteiger partial charge in [0, 0.05) is 12.6 Å². The van der Waals surface area contributed by atoms with Crippen LogP contribution in [0, 0.1) is 11.8 Å². The minimum atomic E-state index is -0.00153. The van der Waals surface area contributed by atoms with Crippen molar-refractivity contribution in [1.29, 1.82) is 0 Å². The molecule has 0 aromatic carbocycles. The number of rotatable bonds is 3. The summed E-state index contributed by atoms with van der Waals surface area (Å²) in [7, 11) is 2.31. The van der Waals surface area contributed by atoms with Crippen LogP contribution in [0.3, 0.4) is 0 Å². The van der Waals surface area contributed by atoms with E-state index in [0.29, 0.717) is 5.92 Å². The molecule has 0 amide bonds. The minimum Gasteiger partial charge on any atom is -0.393 e. The van der Waals surface area contributed by atoms with Crippen LogP contribution in [0.1, 0.15) is 44.9 Å². The normalized spacial score (nSPS) is 41.4. The zero-order valence-electron chi connectivity index (χ0n) is 12.4. The van der Waals surface area contributed by atoms with Crippen LogP contribution in [-0.2, 0) is 0 Å². The SMILES string of the molecule is CN1CCCC2CN(CCC3CCCC3O)CCC21. The van der Waals surface area contributed by atoms with Crippen LogP contribution in [0.2, 0.25) is 0 Å². The molecule has 3 nitrogen and oxygen atoms in total. The molecule has 0 aromatic rings. The van der Waals surface area contributed by atoms with Gasteiger partial charge in [0.1, 0.15) is 0 Å². The first kappa shape index (κ1) is 13.8. The Hall–Kier alpha value is -0.120. The zero-order chi connectivity index (χ0) is 13.2. The number of likely N-dealkylation sites (tertiary alicyclic amines) is 2. The Bertz CT molecular complexity index is 296. The molecule has 4 unspecified atom stereocenters. The van der Waals surface area contributed by atoms with Gasteiger partial charge in [0.2, 0.25) is 0 Å². The summed E-state index contributed by atoms with van der Waals surface area (Å²) in [6, 6.07) is 0.849. The lowest BCUT2D eigenvalue weighted by Gasteiger charge is -2.46. The van der Waals surface area contributed by atoms with E-state index in [9.17, 15) is 5.11 Å². The van der Waals surface area contributed by atoms with Crippen LogP contribution >= 0.6 is 0 Å². The van der Waals surface area contributed by atoms with Crippen molar-refractivity contribution in [3.05, 3.63) is 0 Å². The van der Waals surface area contributed by atoms with Gasteiger partial charge >= 0.3 is 0 Å². The molecule has 1 aliphatic carbocycles. The van der Waals surface area contributed by atoms with Crippen LogP contribution in [0.4, 0.5) is 0 Å². The van der Waals surface area contributed by atoms with E-state index >= 15 is 0 Å². The van der Waals surface area contributed by atoms with Crippen LogP contribution in [0.5, 0.6) is 0 Å². The number of nitrogens with zero attached hydrogens (tertiary/aromatic N) is 2. The highest BCUT2D eigenvalue weighted by Crippen LogP contribution is 2.31. The molecule has 19 heavy (non-hydrogen) atoms. The monoisotopic (exact) mass is 266 g/mol. The molecule has 110 valence electrons. The third-order valence-corrected chi connectivity index (χ3v) is 5.86. The smallest absolute Gasteiger partial charge is 0.0568 e. The summed E-state index contributed by atoms with van der Waals surface area (Å²) in [6.45, 7) is 5.09. The largest absolute Gasteiger partial charge is 0.393 e. The van der Waals surface area contributed by atoms with E-state index in [2.05, 4.69) is 16.8 Å². The second-order valence-corrected chi connectivity index (χ2v) is 7.09. The molecule has 4 atom stereocenters. The van der Waals surface area contributed by atoms with E-state index in [4.69, 9.17) is 0 Å². The first-order valence-electron chi connectivity index (χ1n) is 8.34. The molecule has 1 saturated carbocycles. The van der Waals surface area contributed by atoms with E-state index < -0.39 is 0 Å². The van der Waals surface area contributed by atoms with Crippen LogP contribution in [-0.4, -0.2) is 60.3 Å². The molecule has 2 aliphatic heterocycles. The van der Waals surface area contributed by atoms with Gasteiger partial charge in [0.15, 0.2) is 0 Å². The highest BCUT2D eigenvalue weighted by molar-refractivity contribution is 4.89. The third kappa shape index (κ3) is 3.14. The van der Waals surface area contributed by atoms with Gasteiger partial charge in [-0.25, -0.2) is 0 Å². The fourth-order valence-corrected chi connectivity index (χ4v) is 4.63. The summed E-state index contributed by atoms with van der Waals surface area (Å²) in [5.74, 6) is 1.49. The van der Waals surface area contributed by atoms with Gasteiger partial charge in [-0.1, -0.05) is 6.42 Å². The summed E-state index contributed by atoms with van der Waals surface area (Å²) in [5, 5.41) is 9.92. The maximum atomic E-state index is 9.92. The minimum absolute atomic E-state index is 0.00153. The van der Waals surface area contributed by atoms with Crippen molar-refractivity contribution in [2.45, 2.75) is 57.1 Å². The van der Waals surface area contributed by atoms with Crippen LogP contribution in [0.25, 0.3) is 0 Å². The van der Waals surface area contributed by atoms with Crippen LogP contribution < -0.4 is 0 Å². The van der Waals surface area contributed by atoms with Gasteiger partial charge in [-0.05, 0) is 77.0 Å². The molecule has 2 saturated heterocycles. The number of piperidine rings is 2. The van der Waals surface area contributed by atoms with Gasteiger partial charge in [-0.2, -0.15) is 0 Å². The molecular weight excluding hydrogens is 236 g/mol. The average Bonchev–Trinajstić information content (AvgIpc) is 2.82. The molecule has 3 fully saturated rings. The Morgan fingerprint density at radius 3 is 2.74 bits per heavy atom. The Morgan fingerprint density at radius 2 is 1.95 bits per heavy atom. The predicted molar refractivity (Wildman–Crippen MR) is 78.2 cm³/mol. The quantitative estimate of drug-likeness (QED) is 0.846. The zero-order valence-corrected chi connectivity index (χ0v) is 12.4. The highest BCUT2D eigenvalue weighted by atomic mass is 16.3. The summed E-state index contributed by atoms with van der Waals surface area (Å²) < 4.78 is 0. The van der Waals surface area contributed by atoms with Gasteiger partial charge < -0.3 is 14.9 Å². The molecule has 0 bridgehead atoms. The second-order valence-electron chi connectivity index (χ2n) is 7.09. The fraction of sp³-hybridized carbons (Fsp3) is 1.00. The molecule has 2 heterocycles. The van der Waals surface area contributed by atoms with Gasteiger partial charge in [-0.3, -0.25) is 0 Å². The molecule has 3 aliphatic rings. The van der Waals surface area contributed by atoms with E-state index in [1.54, 1.807) is 0 Å². The van der Waals surface area contributed by atoms with Gasteiger partial charge in [0.25, 0.3) is 0 Å². The maximum absolute atomic E-state index is 9.92. The van der Waals surface area contributed by atoms with Crippen molar-refractivity contribution >= 4 is 0 Å². The van der Waals surface area contributed by atoms with E-state index in [1.807, 2.05) is 0 Å². The lowest BCUT2D eigenvalue weighted by Crippen LogP contribution is -2.52. The summed E-state index contributed by atoms with van der Waals surface area (Å²) in [5.41, 5.74) is 0. The number of hydrogen-bond donors (Lipinski definition) is 1. The van der Waals surface area contributed by atoms with E-state index in [0.717, 1.165) is 18.4 Å². The number of hydrogen-bond acceptors (Lipinski definition) is 3. The van der Waals surface area contributed by atoms with E-state index in [1.165, 1.54) is 64.7 Å². The highest BCUT2D eigenvalue weighted by Gasteiger charge is 2.34. The van der Waals surface area contributed by atoms with Gasteiger partial charge in [0.05, 0.1) is 6.10 Å². The predicted octanol–water partition coefficient (Wildman–Crippen LogP) is 1.95. The number of aliphatic hydroxyl groups excluding tert-OH is 1. The summed E-state index contributed by atoms with van der Waals surface area (Å²) >= 11 is 0. The van der Waals surface area contributed by atoms with Crippen molar-refractivity contribution < 1.29 is 5.11 Å². The summed E-state index contributed by atoms with van der Waals surface area (Å²) in [4.78, 5) is 5.26. The second kappa shape index (κ2) is 6.11. The van der Waals surface area contributed by atoms with Crippen molar-refractivity contribution in [2.24, 2.45) is 11.8 Å². The summed E-state index contributed by atoms with van der Waals surface area (Å²) in [6.07, 6.45) is 8.91. The first-order chi connectivity index (χ1) is 9.24. The Balaban J connectivity index is 1.45. The standard InChI is InChI=1S/C16H30N2O/c1-17-9-3-5-14-12-18(11-8-15(14)17)10-7-13-4-2-6-16(13)19/h13-16,19H,2-12H2,1H3. The maximum Gasteiger partial charge on any atom is 0.0568 e. The Kier molecular flexibility index (Phi) is 4.45. The van der Waals surface area contributed by atoms with Crippen molar-refractivity contribution in [3.8, 4) is 0 Å². The Morgan fingerprint density at radius 1 is 1.05 bits per heavy atom. The topological polar surface area (TPSA) is 26.7 Å². The fourth-order valence-electron chi connectivity index (χ4n) is 4.63. The van der Waals surface area contributed by atoms with Crippen LogP contribution in [0.15, 0.2) is 0 Å². The van der Waals surface area contributed by atoms with Crippen molar-refractivity contribution in [1.82, 2.24) is 9.80 Å². The lowest BCUT2D eigenvalue weighted by atomic mass is 9.84. The number of aliphatic hydroxyl groups is 1. The van der Waals surface area contributed by atoms with Crippen molar-refractivity contribution in [2.75, 3.05) is 33.2 Å². The lowest BCUT2D eigenvalue weighted by molar-refractivity contribution is 0.0329. The van der Waals surface area contributed by atoms with Crippen molar-refractivity contribution in [3.63, 3.8) is 0 Å². The molecule has 0 aromatic heterocycles. The first-order valence-corrected chi connectivity index (χ1v) is 8.34. The molecular formula is C16H30N2O. The molecule has 1 N–H and O–H groups in total. The van der Waals surface area contributed by atoms with E-state index in [-0.39, 0.29) is 6.10 Å². The molecule has 0 radical (unpaired) electrons. The Labute approximate surface area is 118 Å².